The van der Waals surface area contributed by atoms with Crippen molar-refractivity contribution >= 4 is 23.2 Å². The lowest BCUT2D eigenvalue weighted by Gasteiger charge is -2.35. The highest BCUT2D eigenvalue weighted by Gasteiger charge is 2.24. The van der Waals surface area contributed by atoms with E-state index in [4.69, 9.17) is 5.73 Å². The van der Waals surface area contributed by atoms with Crippen LogP contribution < -0.4 is 21.3 Å². The number of nitrogens with zero attached hydrogens (tertiary/aromatic N) is 1. The van der Waals surface area contributed by atoms with Gasteiger partial charge in [-0.1, -0.05) is 66.7 Å². The number of carbonyl (C=O) groups excluding carboxylic acids is 2. The quantitative estimate of drug-likeness (QED) is 0.379. The van der Waals surface area contributed by atoms with E-state index < -0.39 is 0 Å². The van der Waals surface area contributed by atoms with Crippen molar-refractivity contribution in [1.29, 1.82) is 0 Å². The maximum Gasteiger partial charge on any atom is 0.234 e. The molecule has 0 saturated carbocycles. The SMILES string of the molecule is NC(=O)[C@H](Cc1ccccc1)NC1CCN(c2cccc(NC(=O)CCCc3ccccc3)c2)CC1. The van der Waals surface area contributed by atoms with E-state index in [2.05, 4.69) is 33.7 Å². The largest absolute Gasteiger partial charge is 0.371 e. The molecule has 1 heterocycles. The normalized spacial score (nSPS) is 14.8. The van der Waals surface area contributed by atoms with Crippen LogP contribution >= 0.6 is 0 Å². The third kappa shape index (κ3) is 7.68. The zero-order valence-electron chi connectivity index (χ0n) is 20.7. The predicted molar refractivity (Wildman–Crippen MR) is 146 cm³/mol. The van der Waals surface area contributed by atoms with Crippen molar-refractivity contribution in [3.63, 3.8) is 0 Å². The van der Waals surface area contributed by atoms with Crippen LogP contribution in [0, 0.1) is 0 Å². The van der Waals surface area contributed by atoms with E-state index in [0.29, 0.717) is 12.8 Å². The number of piperidine rings is 1. The van der Waals surface area contributed by atoms with Gasteiger partial charge in [0.2, 0.25) is 11.8 Å². The van der Waals surface area contributed by atoms with Crippen LogP contribution in [0.25, 0.3) is 0 Å². The van der Waals surface area contributed by atoms with Crippen LogP contribution in [0.4, 0.5) is 11.4 Å². The number of hydrogen-bond donors (Lipinski definition) is 3. The van der Waals surface area contributed by atoms with Gasteiger partial charge in [0.25, 0.3) is 0 Å². The predicted octanol–water partition coefficient (Wildman–Crippen LogP) is 4.30. The zero-order valence-corrected chi connectivity index (χ0v) is 20.7. The molecule has 1 saturated heterocycles. The van der Waals surface area contributed by atoms with Crippen LogP contribution in [0.15, 0.2) is 84.9 Å². The molecule has 1 aliphatic heterocycles. The number of amides is 2. The Bertz CT molecular complexity index is 1110. The van der Waals surface area contributed by atoms with Crippen molar-refractivity contribution in [2.75, 3.05) is 23.3 Å². The number of carbonyl (C=O) groups is 2. The first-order chi connectivity index (χ1) is 17.6. The van der Waals surface area contributed by atoms with Gasteiger partial charge in [-0.2, -0.15) is 0 Å². The standard InChI is InChI=1S/C30H36N4O2/c31-30(36)28(21-24-11-5-2-6-12-24)32-25-17-19-34(20-18-25)27-15-8-14-26(22-27)33-29(35)16-7-13-23-9-3-1-4-10-23/h1-6,8-12,14-15,22,25,28,32H,7,13,16-21H2,(H2,31,36)(H,33,35)/t28-/m0/s1. The molecular formula is C30H36N4O2. The molecule has 2 amide bonds. The van der Waals surface area contributed by atoms with E-state index in [-0.39, 0.29) is 23.9 Å². The van der Waals surface area contributed by atoms with Crippen molar-refractivity contribution in [3.05, 3.63) is 96.1 Å². The number of aryl methyl sites for hydroxylation is 1. The number of anilines is 2. The molecule has 4 N–H and O–H groups in total. The lowest BCUT2D eigenvalue weighted by atomic mass is 10.00. The lowest BCUT2D eigenvalue weighted by Crippen LogP contribution is -2.51. The Morgan fingerprint density at radius 2 is 1.56 bits per heavy atom. The molecule has 0 radical (unpaired) electrons. The summed E-state index contributed by atoms with van der Waals surface area (Å²) in [6.45, 7) is 1.76. The second kappa shape index (κ2) is 12.9. The zero-order chi connectivity index (χ0) is 25.2. The third-order valence-electron chi connectivity index (χ3n) is 6.77. The fourth-order valence-corrected chi connectivity index (χ4v) is 4.78. The summed E-state index contributed by atoms with van der Waals surface area (Å²) < 4.78 is 0. The van der Waals surface area contributed by atoms with Gasteiger partial charge in [0.05, 0.1) is 6.04 Å². The fourth-order valence-electron chi connectivity index (χ4n) is 4.78. The summed E-state index contributed by atoms with van der Waals surface area (Å²) in [5.74, 6) is -0.268. The van der Waals surface area contributed by atoms with Gasteiger partial charge in [-0.3, -0.25) is 9.59 Å². The average molecular weight is 485 g/mol. The molecule has 0 aromatic heterocycles. The summed E-state index contributed by atoms with van der Waals surface area (Å²) in [4.78, 5) is 26.8. The molecule has 1 atom stereocenters. The van der Waals surface area contributed by atoms with Gasteiger partial charge in [-0.25, -0.2) is 0 Å². The fraction of sp³-hybridized carbons (Fsp3) is 0.333. The minimum atomic E-state index is -0.371. The molecule has 1 aliphatic rings. The van der Waals surface area contributed by atoms with Gasteiger partial charge in [-0.15, -0.1) is 0 Å². The molecule has 0 aliphatic carbocycles. The van der Waals surface area contributed by atoms with Gasteiger partial charge < -0.3 is 21.3 Å². The smallest absolute Gasteiger partial charge is 0.234 e. The molecule has 0 unspecified atom stereocenters. The third-order valence-corrected chi connectivity index (χ3v) is 6.77. The highest BCUT2D eigenvalue weighted by Crippen LogP contribution is 2.24. The minimum absolute atomic E-state index is 0.0434. The summed E-state index contributed by atoms with van der Waals surface area (Å²) in [5.41, 5.74) is 9.98. The average Bonchev–Trinajstić information content (AvgIpc) is 2.90. The number of nitrogens with two attached hydrogens (primary N) is 1. The van der Waals surface area contributed by atoms with Crippen LogP contribution in [0.5, 0.6) is 0 Å². The van der Waals surface area contributed by atoms with Crippen molar-refractivity contribution < 1.29 is 9.59 Å². The van der Waals surface area contributed by atoms with Gasteiger partial charge in [0, 0.05) is 36.9 Å². The van der Waals surface area contributed by atoms with Gasteiger partial charge in [0.1, 0.15) is 0 Å². The Morgan fingerprint density at radius 1 is 0.889 bits per heavy atom. The summed E-state index contributed by atoms with van der Waals surface area (Å²) in [7, 11) is 0. The van der Waals surface area contributed by atoms with Crippen molar-refractivity contribution in [2.24, 2.45) is 5.73 Å². The van der Waals surface area contributed by atoms with Crippen LogP contribution in [-0.4, -0.2) is 37.0 Å². The molecule has 6 heteroatoms. The lowest BCUT2D eigenvalue weighted by molar-refractivity contribution is -0.120. The highest BCUT2D eigenvalue weighted by molar-refractivity contribution is 5.91. The van der Waals surface area contributed by atoms with E-state index in [9.17, 15) is 9.59 Å². The van der Waals surface area contributed by atoms with E-state index >= 15 is 0 Å². The van der Waals surface area contributed by atoms with Gasteiger partial charge >= 0.3 is 0 Å². The molecule has 3 aromatic rings. The molecule has 1 fully saturated rings. The second-order valence-corrected chi connectivity index (χ2v) is 9.51. The molecule has 6 nitrogen and oxygen atoms in total. The molecule has 36 heavy (non-hydrogen) atoms. The van der Waals surface area contributed by atoms with Crippen LogP contribution in [0.3, 0.4) is 0 Å². The monoisotopic (exact) mass is 484 g/mol. The first-order valence-corrected chi connectivity index (χ1v) is 12.8. The molecule has 0 spiro atoms. The number of benzene rings is 3. The number of nitrogens with one attached hydrogen (secondary N) is 2. The Labute approximate surface area is 213 Å². The van der Waals surface area contributed by atoms with Crippen LogP contribution in [0.2, 0.25) is 0 Å². The number of hydrogen-bond acceptors (Lipinski definition) is 4. The van der Waals surface area contributed by atoms with E-state index in [1.54, 1.807) is 0 Å². The van der Waals surface area contributed by atoms with Gasteiger partial charge in [0.15, 0.2) is 0 Å². The Balaban J connectivity index is 1.24. The van der Waals surface area contributed by atoms with Gasteiger partial charge in [-0.05, 0) is 61.4 Å². The molecule has 4 rings (SSSR count). The van der Waals surface area contributed by atoms with Crippen molar-refractivity contribution in [2.45, 2.75) is 50.6 Å². The first-order valence-electron chi connectivity index (χ1n) is 12.8. The summed E-state index contributed by atoms with van der Waals surface area (Å²) in [6, 6.07) is 28.2. The highest BCUT2D eigenvalue weighted by atomic mass is 16.2. The minimum Gasteiger partial charge on any atom is -0.371 e. The van der Waals surface area contributed by atoms with Crippen molar-refractivity contribution in [1.82, 2.24) is 5.32 Å². The maximum absolute atomic E-state index is 12.5. The maximum atomic E-state index is 12.5. The Kier molecular flexibility index (Phi) is 9.11. The number of rotatable bonds is 11. The van der Waals surface area contributed by atoms with E-state index in [0.717, 1.165) is 55.7 Å². The summed E-state index contributed by atoms with van der Waals surface area (Å²) >= 11 is 0. The molecule has 3 aromatic carbocycles. The van der Waals surface area contributed by atoms with E-state index in [1.165, 1.54) is 5.56 Å². The Morgan fingerprint density at radius 3 is 2.22 bits per heavy atom. The summed E-state index contributed by atoms with van der Waals surface area (Å²) in [6.07, 6.45) is 4.68. The molecule has 0 bridgehead atoms. The topological polar surface area (TPSA) is 87.5 Å². The van der Waals surface area contributed by atoms with Crippen LogP contribution in [0.1, 0.15) is 36.8 Å². The van der Waals surface area contributed by atoms with Crippen molar-refractivity contribution in [3.8, 4) is 0 Å². The second-order valence-electron chi connectivity index (χ2n) is 9.51. The Hall–Kier alpha value is -3.64. The van der Waals surface area contributed by atoms with E-state index in [1.807, 2.05) is 66.7 Å². The molecular weight excluding hydrogens is 448 g/mol. The number of primary amides is 1. The first kappa shape index (κ1) is 25.5. The molecule has 188 valence electrons. The summed E-state index contributed by atoms with van der Waals surface area (Å²) in [5, 5.41) is 6.54. The van der Waals surface area contributed by atoms with Crippen LogP contribution in [-0.2, 0) is 22.4 Å².